The average Bonchev–Trinajstić information content (AvgIpc) is 3.10. The standard InChI is InChI=1S/C14H19N3O2S3/c1-9-5-6-15-7-11(9)17-22(18,19)14-4-3-13(21-14)12-8-20-10(2)16-12/h3-4,8-9,11,15,17H,5-7H2,1-2H3. The molecule has 1 fully saturated rings. The van der Waals surface area contributed by atoms with Crippen LogP contribution in [0.25, 0.3) is 10.6 Å². The monoisotopic (exact) mass is 357 g/mol. The highest BCUT2D eigenvalue weighted by Gasteiger charge is 2.27. The number of thiazole rings is 1. The molecule has 2 atom stereocenters. The lowest BCUT2D eigenvalue weighted by atomic mass is 9.96. The van der Waals surface area contributed by atoms with Crippen molar-refractivity contribution in [1.82, 2.24) is 15.0 Å². The van der Waals surface area contributed by atoms with E-state index in [9.17, 15) is 8.42 Å². The third kappa shape index (κ3) is 3.41. The first kappa shape index (κ1) is 16.1. The summed E-state index contributed by atoms with van der Waals surface area (Å²) in [6.45, 7) is 5.67. The average molecular weight is 358 g/mol. The van der Waals surface area contributed by atoms with Gasteiger partial charge in [0.1, 0.15) is 4.21 Å². The molecule has 2 unspecified atom stereocenters. The molecule has 2 N–H and O–H groups in total. The van der Waals surface area contributed by atoms with Crippen LogP contribution in [0.5, 0.6) is 0 Å². The van der Waals surface area contributed by atoms with Crippen LogP contribution in [0, 0.1) is 12.8 Å². The van der Waals surface area contributed by atoms with Crippen molar-refractivity contribution < 1.29 is 8.42 Å². The number of nitrogens with zero attached hydrogens (tertiary/aromatic N) is 1. The Hall–Kier alpha value is -0.800. The molecule has 2 aromatic rings. The number of aryl methyl sites for hydroxylation is 1. The predicted octanol–water partition coefficient (Wildman–Crippen LogP) is 2.46. The zero-order valence-corrected chi connectivity index (χ0v) is 14.9. The van der Waals surface area contributed by atoms with Crippen LogP contribution in [0.1, 0.15) is 18.4 Å². The van der Waals surface area contributed by atoms with E-state index in [-0.39, 0.29) is 6.04 Å². The summed E-state index contributed by atoms with van der Waals surface area (Å²) in [5, 5.41) is 6.18. The third-order valence-corrected chi connectivity index (χ3v) is 7.71. The smallest absolute Gasteiger partial charge is 0.250 e. The Labute approximate surface area is 138 Å². The molecule has 0 radical (unpaired) electrons. The van der Waals surface area contributed by atoms with Gasteiger partial charge in [0, 0.05) is 18.0 Å². The molecule has 0 bridgehead atoms. The Morgan fingerprint density at radius 1 is 1.41 bits per heavy atom. The van der Waals surface area contributed by atoms with Crippen molar-refractivity contribution in [2.75, 3.05) is 13.1 Å². The zero-order chi connectivity index (χ0) is 15.7. The minimum absolute atomic E-state index is 0.0502. The van der Waals surface area contributed by atoms with E-state index < -0.39 is 10.0 Å². The second kappa shape index (κ2) is 6.37. The molecule has 1 aliphatic rings. The Balaban J connectivity index is 1.79. The summed E-state index contributed by atoms with van der Waals surface area (Å²) in [4.78, 5) is 5.30. The molecule has 5 nitrogen and oxygen atoms in total. The van der Waals surface area contributed by atoms with Gasteiger partial charge in [0.05, 0.1) is 15.6 Å². The van der Waals surface area contributed by atoms with E-state index in [0.717, 1.165) is 28.5 Å². The van der Waals surface area contributed by atoms with Crippen LogP contribution >= 0.6 is 22.7 Å². The van der Waals surface area contributed by atoms with Crippen LogP contribution in [-0.2, 0) is 10.0 Å². The van der Waals surface area contributed by atoms with Gasteiger partial charge < -0.3 is 5.32 Å². The van der Waals surface area contributed by atoms with Crippen molar-refractivity contribution in [3.8, 4) is 10.6 Å². The van der Waals surface area contributed by atoms with Crippen LogP contribution in [0.2, 0.25) is 0 Å². The molecule has 120 valence electrons. The van der Waals surface area contributed by atoms with Crippen molar-refractivity contribution in [2.45, 2.75) is 30.5 Å². The summed E-state index contributed by atoms with van der Waals surface area (Å²) in [5.74, 6) is 0.344. The molecule has 2 aromatic heterocycles. The second-order valence-electron chi connectivity index (χ2n) is 5.57. The number of sulfonamides is 1. The normalized spacial score (nSPS) is 22.8. The van der Waals surface area contributed by atoms with E-state index in [1.54, 1.807) is 17.4 Å². The highest BCUT2D eigenvalue weighted by molar-refractivity contribution is 7.91. The Morgan fingerprint density at radius 3 is 2.91 bits per heavy atom. The first-order valence-corrected chi connectivity index (χ1v) is 10.4. The van der Waals surface area contributed by atoms with E-state index in [4.69, 9.17) is 0 Å². The van der Waals surface area contributed by atoms with Gasteiger partial charge in [-0.3, -0.25) is 0 Å². The molecular weight excluding hydrogens is 338 g/mol. The highest BCUT2D eigenvalue weighted by atomic mass is 32.2. The maximum absolute atomic E-state index is 12.5. The molecular formula is C14H19N3O2S3. The van der Waals surface area contributed by atoms with Gasteiger partial charge in [0.25, 0.3) is 0 Å². The topological polar surface area (TPSA) is 71.1 Å². The number of piperidine rings is 1. The van der Waals surface area contributed by atoms with E-state index in [2.05, 4.69) is 21.9 Å². The first-order valence-electron chi connectivity index (χ1n) is 7.21. The van der Waals surface area contributed by atoms with Gasteiger partial charge in [-0.2, -0.15) is 0 Å². The number of hydrogen-bond acceptors (Lipinski definition) is 6. The van der Waals surface area contributed by atoms with Gasteiger partial charge in [-0.25, -0.2) is 18.1 Å². The number of aromatic nitrogens is 1. The molecule has 8 heteroatoms. The van der Waals surface area contributed by atoms with Crippen LogP contribution in [0.3, 0.4) is 0 Å². The van der Waals surface area contributed by atoms with Gasteiger partial charge in [-0.1, -0.05) is 6.92 Å². The van der Waals surface area contributed by atoms with Crippen molar-refractivity contribution in [3.05, 3.63) is 22.5 Å². The lowest BCUT2D eigenvalue weighted by molar-refractivity contribution is 0.327. The van der Waals surface area contributed by atoms with Gasteiger partial charge in [0.15, 0.2) is 0 Å². The van der Waals surface area contributed by atoms with Gasteiger partial charge in [0.2, 0.25) is 10.0 Å². The van der Waals surface area contributed by atoms with E-state index in [1.807, 2.05) is 18.4 Å². The fraction of sp³-hybridized carbons (Fsp3) is 0.500. The lowest BCUT2D eigenvalue weighted by Crippen LogP contribution is -2.49. The maximum atomic E-state index is 12.5. The first-order chi connectivity index (χ1) is 10.5. The molecule has 0 saturated carbocycles. The molecule has 3 heterocycles. The van der Waals surface area contributed by atoms with E-state index in [1.165, 1.54) is 11.3 Å². The molecule has 0 aliphatic carbocycles. The van der Waals surface area contributed by atoms with Gasteiger partial charge in [-0.05, 0) is 37.9 Å². The molecule has 0 amide bonds. The molecule has 0 spiro atoms. The number of nitrogens with one attached hydrogen (secondary N) is 2. The van der Waals surface area contributed by atoms with E-state index in [0.29, 0.717) is 16.7 Å². The highest BCUT2D eigenvalue weighted by Crippen LogP contribution is 2.31. The zero-order valence-electron chi connectivity index (χ0n) is 12.5. The minimum atomic E-state index is -3.47. The van der Waals surface area contributed by atoms with Gasteiger partial charge >= 0.3 is 0 Å². The Kier molecular flexibility index (Phi) is 4.65. The quantitative estimate of drug-likeness (QED) is 0.882. The summed E-state index contributed by atoms with van der Waals surface area (Å²) < 4.78 is 28.3. The summed E-state index contributed by atoms with van der Waals surface area (Å²) in [6.07, 6.45) is 0.987. The number of hydrogen-bond donors (Lipinski definition) is 2. The fourth-order valence-corrected chi connectivity index (χ4v) is 5.80. The second-order valence-corrected chi connectivity index (χ2v) is 9.66. The number of thiophene rings is 1. The van der Waals surface area contributed by atoms with E-state index >= 15 is 0 Å². The molecule has 22 heavy (non-hydrogen) atoms. The van der Waals surface area contributed by atoms with Crippen molar-refractivity contribution >= 4 is 32.7 Å². The summed E-state index contributed by atoms with van der Waals surface area (Å²) in [7, 11) is -3.47. The van der Waals surface area contributed by atoms with Crippen LogP contribution in [0.4, 0.5) is 0 Å². The molecule has 0 aromatic carbocycles. The lowest BCUT2D eigenvalue weighted by Gasteiger charge is -2.29. The molecule has 3 rings (SSSR count). The summed E-state index contributed by atoms with van der Waals surface area (Å²) >= 11 is 2.84. The van der Waals surface area contributed by atoms with Crippen LogP contribution in [-0.4, -0.2) is 32.5 Å². The van der Waals surface area contributed by atoms with Crippen molar-refractivity contribution in [3.63, 3.8) is 0 Å². The Morgan fingerprint density at radius 2 is 2.23 bits per heavy atom. The SMILES string of the molecule is Cc1nc(-c2ccc(S(=O)(=O)NC3CNCCC3C)s2)cs1. The minimum Gasteiger partial charge on any atom is -0.315 e. The Bertz CT molecular complexity index is 751. The van der Waals surface area contributed by atoms with Crippen LogP contribution in [0.15, 0.2) is 21.7 Å². The predicted molar refractivity (Wildman–Crippen MR) is 90.9 cm³/mol. The summed E-state index contributed by atoms with van der Waals surface area (Å²) in [6, 6.07) is 3.44. The maximum Gasteiger partial charge on any atom is 0.250 e. The summed E-state index contributed by atoms with van der Waals surface area (Å²) in [5.41, 5.74) is 0.849. The third-order valence-electron chi connectivity index (χ3n) is 3.85. The molecule has 1 saturated heterocycles. The number of rotatable bonds is 4. The van der Waals surface area contributed by atoms with Crippen molar-refractivity contribution in [1.29, 1.82) is 0 Å². The van der Waals surface area contributed by atoms with Crippen LogP contribution < -0.4 is 10.0 Å². The fourth-order valence-electron chi connectivity index (χ4n) is 2.48. The molecule has 1 aliphatic heterocycles. The van der Waals surface area contributed by atoms with Crippen molar-refractivity contribution in [2.24, 2.45) is 5.92 Å². The van der Waals surface area contributed by atoms with Gasteiger partial charge in [-0.15, -0.1) is 22.7 Å². The largest absolute Gasteiger partial charge is 0.315 e.